The van der Waals surface area contributed by atoms with Crippen LogP contribution in [0.1, 0.15) is 24.1 Å². The average Bonchev–Trinajstić information content (AvgIpc) is 3.09. The number of aromatic amines is 1. The van der Waals surface area contributed by atoms with E-state index in [1.54, 1.807) is 0 Å². The van der Waals surface area contributed by atoms with E-state index in [4.69, 9.17) is 0 Å². The summed E-state index contributed by atoms with van der Waals surface area (Å²) in [5, 5.41) is 9.80. The SMILES string of the molecule is Cc1cc(NC(=O)[C@H]2CCCN2Cc2ccccc2)n[nH]1. The van der Waals surface area contributed by atoms with Crippen LogP contribution in [-0.4, -0.2) is 33.6 Å². The van der Waals surface area contributed by atoms with Gasteiger partial charge in [0.25, 0.3) is 0 Å². The van der Waals surface area contributed by atoms with Gasteiger partial charge in [0.1, 0.15) is 0 Å². The second kappa shape index (κ2) is 6.10. The number of H-pyrrole nitrogens is 1. The van der Waals surface area contributed by atoms with Gasteiger partial charge >= 0.3 is 0 Å². The Bertz CT molecular complexity index is 608. The Morgan fingerprint density at radius 2 is 2.24 bits per heavy atom. The van der Waals surface area contributed by atoms with E-state index in [0.29, 0.717) is 5.82 Å². The quantitative estimate of drug-likeness (QED) is 0.905. The Labute approximate surface area is 124 Å². The maximum atomic E-state index is 12.4. The van der Waals surface area contributed by atoms with Crippen molar-refractivity contribution in [2.24, 2.45) is 0 Å². The molecule has 21 heavy (non-hydrogen) atoms. The molecule has 0 unspecified atom stereocenters. The number of hydrogen-bond acceptors (Lipinski definition) is 3. The van der Waals surface area contributed by atoms with E-state index in [2.05, 4.69) is 32.5 Å². The molecule has 1 saturated heterocycles. The molecular formula is C16H20N4O. The third kappa shape index (κ3) is 3.31. The molecule has 3 rings (SSSR count). The van der Waals surface area contributed by atoms with Crippen LogP contribution in [0.25, 0.3) is 0 Å². The maximum absolute atomic E-state index is 12.4. The predicted molar refractivity (Wildman–Crippen MR) is 81.8 cm³/mol. The van der Waals surface area contributed by atoms with Gasteiger partial charge in [0, 0.05) is 18.3 Å². The van der Waals surface area contributed by atoms with Crippen LogP contribution < -0.4 is 5.32 Å². The molecule has 1 aliphatic heterocycles. The molecule has 1 aromatic heterocycles. The molecule has 5 nitrogen and oxygen atoms in total. The first kappa shape index (κ1) is 13.8. The predicted octanol–water partition coefficient (Wildman–Crippen LogP) is 2.32. The molecule has 0 spiro atoms. The molecule has 0 saturated carbocycles. The maximum Gasteiger partial charge on any atom is 0.242 e. The topological polar surface area (TPSA) is 61.0 Å². The van der Waals surface area contributed by atoms with Gasteiger partial charge in [-0.15, -0.1) is 0 Å². The lowest BCUT2D eigenvalue weighted by atomic mass is 10.1. The molecule has 0 radical (unpaired) electrons. The number of aryl methyl sites for hydroxylation is 1. The third-order valence-corrected chi connectivity index (χ3v) is 3.85. The largest absolute Gasteiger partial charge is 0.308 e. The van der Waals surface area contributed by atoms with Crippen molar-refractivity contribution in [3.8, 4) is 0 Å². The zero-order chi connectivity index (χ0) is 14.7. The number of amides is 1. The summed E-state index contributed by atoms with van der Waals surface area (Å²) >= 11 is 0. The standard InChI is InChI=1S/C16H20N4O/c1-12-10-15(19-18-12)17-16(21)14-8-5-9-20(14)11-13-6-3-2-4-7-13/h2-4,6-7,10,14H,5,8-9,11H2,1H3,(H2,17,18,19,21)/t14-/m1/s1. The van der Waals surface area contributed by atoms with E-state index in [-0.39, 0.29) is 11.9 Å². The monoisotopic (exact) mass is 284 g/mol. The van der Waals surface area contributed by atoms with Crippen LogP contribution >= 0.6 is 0 Å². The lowest BCUT2D eigenvalue weighted by molar-refractivity contribution is -0.120. The summed E-state index contributed by atoms with van der Waals surface area (Å²) < 4.78 is 0. The van der Waals surface area contributed by atoms with Crippen molar-refractivity contribution in [1.29, 1.82) is 0 Å². The molecule has 1 fully saturated rings. The normalized spacial score (nSPS) is 18.8. The van der Waals surface area contributed by atoms with Crippen LogP contribution in [0.15, 0.2) is 36.4 Å². The molecular weight excluding hydrogens is 264 g/mol. The van der Waals surface area contributed by atoms with Gasteiger partial charge in [-0.25, -0.2) is 0 Å². The number of benzene rings is 1. The molecule has 2 aromatic rings. The van der Waals surface area contributed by atoms with Gasteiger partial charge in [0.05, 0.1) is 6.04 Å². The zero-order valence-electron chi connectivity index (χ0n) is 12.2. The summed E-state index contributed by atoms with van der Waals surface area (Å²) in [5.74, 6) is 0.638. The van der Waals surface area contributed by atoms with Crippen molar-refractivity contribution in [3.63, 3.8) is 0 Å². The van der Waals surface area contributed by atoms with Crippen LogP contribution in [0.2, 0.25) is 0 Å². The molecule has 110 valence electrons. The molecule has 1 aromatic carbocycles. The number of anilines is 1. The van der Waals surface area contributed by atoms with Gasteiger partial charge in [0.2, 0.25) is 5.91 Å². The van der Waals surface area contributed by atoms with E-state index in [1.807, 2.05) is 31.2 Å². The van der Waals surface area contributed by atoms with Crippen molar-refractivity contribution in [2.75, 3.05) is 11.9 Å². The number of rotatable bonds is 4. The van der Waals surface area contributed by atoms with E-state index in [1.165, 1.54) is 5.56 Å². The van der Waals surface area contributed by atoms with Crippen molar-refractivity contribution in [1.82, 2.24) is 15.1 Å². The van der Waals surface area contributed by atoms with Crippen molar-refractivity contribution < 1.29 is 4.79 Å². The summed E-state index contributed by atoms with van der Waals surface area (Å²) in [5.41, 5.74) is 2.19. The molecule has 5 heteroatoms. The van der Waals surface area contributed by atoms with E-state index in [0.717, 1.165) is 31.6 Å². The Hall–Kier alpha value is -2.14. The van der Waals surface area contributed by atoms with Crippen LogP contribution in [0, 0.1) is 6.92 Å². The number of carbonyl (C=O) groups excluding carboxylic acids is 1. The van der Waals surface area contributed by atoms with E-state index < -0.39 is 0 Å². The van der Waals surface area contributed by atoms with Crippen molar-refractivity contribution in [3.05, 3.63) is 47.7 Å². The number of aromatic nitrogens is 2. The number of carbonyl (C=O) groups is 1. The van der Waals surface area contributed by atoms with Gasteiger partial charge in [-0.3, -0.25) is 14.8 Å². The Morgan fingerprint density at radius 1 is 1.43 bits per heavy atom. The second-order valence-electron chi connectivity index (χ2n) is 5.54. The highest BCUT2D eigenvalue weighted by molar-refractivity contribution is 5.94. The molecule has 0 aliphatic carbocycles. The van der Waals surface area contributed by atoms with Gasteiger partial charge in [-0.2, -0.15) is 5.10 Å². The van der Waals surface area contributed by atoms with Gasteiger partial charge in [-0.1, -0.05) is 30.3 Å². The minimum absolute atomic E-state index is 0.0370. The zero-order valence-corrected chi connectivity index (χ0v) is 12.2. The fraction of sp³-hybridized carbons (Fsp3) is 0.375. The molecule has 2 N–H and O–H groups in total. The summed E-state index contributed by atoms with van der Waals surface area (Å²) in [6.45, 7) is 3.70. The van der Waals surface area contributed by atoms with E-state index >= 15 is 0 Å². The van der Waals surface area contributed by atoms with Gasteiger partial charge in [-0.05, 0) is 31.9 Å². The third-order valence-electron chi connectivity index (χ3n) is 3.85. The highest BCUT2D eigenvalue weighted by Gasteiger charge is 2.30. The Kier molecular flexibility index (Phi) is 4.01. The van der Waals surface area contributed by atoms with Crippen LogP contribution in [-0.2, 0) is 11.3 Å². The van der Waals surface area contributed by atoms with E-state index in [9.17, 15) is 4.79 Å². The molecule has 1 amide bonds. The van der Waals surface area contributed by atoms with Crippen LogP contribution in [0.3, 0.4) is 0 Å². The van der Waals surface area contributed by atoms with Gasteiger partial charge < -0.3 is 5.32 Å². The minimum Gasteiger partial charge on any atom is -0.308 e. The summed E-state index contributed by atoms with van der Waals surface area (Å²) in [4.78, 5) is 14.7. The van der Waals surface area contributed by atoms with Crippen LogP contribution in [0.5, 0.6) is 0 Å². The molecule has 2 heterocycles. The lowest BCUT2D eigenvalue weighted by Gasteiger charge is -2.23. The van der Waals surface area contributed by atoms with Crippen molar-refractivity contribution >= 4 is 11.7 Å². The van der Waals surface area contributed by atoms with Crippen molar-refractivity contribution in [2.45, 2.75) is 32.4 Å². The minimum atomic E-state index is -0.0674. The smallest absolute Gasteiger partial charge is 0.242 e. The number of nitrogens with zero attached hydrogens (tertiary/aromatic N) is 2. The summed E-state index contributed by atoms with van der Waals surface area (Å²) in [6, 6.07) is 12.1. The first-order chi connectivity index (χ1) is 10.2. The Balaban J connectivity index is 1.64. The molecule has 1 atom stereocenters. The highest BCUT2D eigenvalue weighted by atomic mass is 16.2. The second-order valence-corrected chi connectivity index (χ2v) is 5.54. The molecule has 1 aliphatic rings. The number of likely N-dealkylation sites (tertiary alicyclic amines) is 1. The van der Waals surface area contributed by atoms with Gasteiger partial charge in [0.15, 0.2) is 5.82 Å². The van der Waals surface area contributed by atoms with Crippen LogP contribution in [0.4, 0.5) is 5.82 Å². The number of nitrogens with one attached hydrogen (secondary N) is 2. The number of hydrogen-bond donors (Lipinski definition) is 2. The molecule has 0 bridgehead atoms. The summed E-state index contributed by atoms with van der Waals surface area (Å²) in [6.07, 6.45) is 1.96. The average molecular weight is 284 g/mol. The fourth-order valence-corrected chi connectivity index (χ4v) is 2.82. The lowest BCUT2D eigenvalue weighted by Crippen LogP contribution is -2.39. The first-order valence-electron chi connectivity index (χ1n) is 7.33. The summed E-state index contributed by atoms with van der Waals surface area (Å²) in [7, 11) is 0. The highest BCUT2D eigenvalue weighted by Crippen LogP contribution is 2.21. The fourth-order valence-electron chi connectivity index (χ4n) is 2.82. The first-order valence-corrected chi connectivity index (χ1v) is 7.33. The Morgan fingerprint density at radius 3 is 2.95 bits per heavy atom.